The highest BCUT2D eigenvalue weighted by molar-refractivity contribution is 6.00. The number of rotatable bonds is 40. The highest BCUT2D eigenvalue weighted by Gasteiger charge is 2.32. The van der Waals surface area contributed by atoms with Gasteiger partial charge in [-0.2, -0.15) is 0 Å². The van der Waals surface area contributed by atoms with Crippen molar-refractivity contribution in [1.82, 2.24) is 51.4 Å². The third-order valence-electron chi connectivity index (χ3n) is 18.6. The van der Waals surface area contributed by atoms with Crippen LogP contribution >= 0.6 is 0 Å². The predicted molar refractivity (Wildman–Crippen MR) is 430 cm³/mol. The van der Waals surface area contributed by atoms with Crippen LogP contribution in [-0.2, 0) is 52.4 Å². The largest absolute Gasteiger partial charge is 0.494 e. The van der Waals surface area contributed by atoms with Gasteiger partial charge in [-0.25, -0.2) is 29.5 Å². The Hall–Kier alpha value is -11.2. The molecule has 6 aromatic carbocycles. The summed E-state index contributed by atoms with van der Waals surface area (Å²) >= 11 is 0. The lowest BCUT2D eigenvalue weighted by atomic mass is 9.86. The molecule has 24 nitrogen and oxygen atoms in total. The number of unbranched alkanes of at least 4 members (excludes halogenated alkanes) is 8. The number of aromatic nitrogens is 4. The summed E-state index contributed by atoms with van der Waals surface area (Å²) in [5.74, 6) is -3.78. The van der Waals surface area contributed by atoms with Crippen molar-refractivity contribution in [2.45, 2.75) is 180 Å². The first-order chi connectivity index (χ1) is 53.2. The fourth-order valence-corrected chi connectivity index (χ4v) is 11.8. The van der Waals surface area contributed by atoms with Crippen molar-refractivity contribution < 1.29 is 63.1 Å². The van der Waals surface area contributed by atoms with E-state index in [1.54, 1.807) is 73.3 Å². The quantitative estimate of drug-likeness (QED) is 0.0161. The number of carbonyl (C=O) groups excluding carboxylic acids is 6. The van der Waals surface area contributed by atoms with E-state index in [4.69, 9.17) is 20.3 Å². The van der Waals surface area contributed by atoms with E-state index >= 15 is 0 Å². The molecule has 0 saturated carbocycles. The van der Waals surface area contributed by atoms with Crippen LogP contribution < -0.4 is 41.8 Å². The van der Waals surface area contributed by atoms with E-state index in [0.717, 1.165) is 68.8 Å². The monoisotopic (exact) mass is 1520 g/mol. The van der Waals surface area contributed by atoms with Gasteiger partial charge in [-0.3, -0.25) is 28.8 Å². The lowest BCUT2D eigenvalue weighted by Gasteiger charge is -2.23. The predicted octanol–water partition coefficient (Wildman–Crippen LogP) is 12.0. The van der Waals surface area contributed by atoms with Gasteiger partial charge < -0.3 is 62.0 Å². The fourth-order valence-electron chi connectivity index (χ4n) is 11.8. The van der Waals surface area contributed by atoms with Crippen molar-refractivity contribution in [2.75, 3.05) is 46.5 Å². The zero-order chi connectivity index (χ0) is 80.5. The summed E-state index contributed by atoms with van der Waals surface area (Å²) in [6, 6.07) is 39.0. The number of likely N-dealkylation sites (N-methyl/N-ethyl adjacent to an activating group) is 1. The van der Waals surface area contributed by atoms with E-state index in [1.807, 2.05) is 97.1 Å². The highest BCUT2D eigenvalue weighted by atomic mass is 16.5. The van der Waals surface area contributed by atoms with Crippen LogP contribution in [0.3, 0.4) is 0 Å². The van der Waals surface area contributed by atoms with Crippen LogP contribution in [0.1, 0.15) is 175 Å². The van der Waals surface area contributed by atoms with E-state index in [1.165, 1.54) is 63.3 Å². The number of carboxylic acids is 2. The Labute approximate surface area is 651 Å². The maximum absolute atomic E-state index is 13.7. The van der Waals surface area contributed by atoms with Crippen molar-refractivity contribution in [3.8, 4) is 56.5 Å². The molecule has 8 aromatic rings. The third-order valence-corrected chi connectivity index (χ3v) is 18.6. The van der Waals surface area contributed by atoms with Crippen LogP contribution in [0.4, 0.5) is 0 Å². The topological polar surface area (TPSA) is 357 Å². The molecular weight excluding hydrogens is 1410 g/mol. The minimum absolute atomic E-state index is 0.0271. The van der Waals surface area contributed by atoms with Gasteiger partial charge >= 0.3 is 11.9 Å². The number of hydrogen-bond acceptors (Lipinski definition) is 16. The molecule has 4 atom stereocenters. The van der Waals surface area contributed by atoms with E-state index < -0.39 is 84.4 Å². The minimum atomic E-state index is -1.56. The maximum atomic E-state index is 13.7. The molecule has 0 radical (unpaired) electrons. The average Bonchev–Trinajstić information content (AvgIpc) is 0.838. The normalized spacial score (nSPS) is 12.3. The van der Waals surface area contributed by atoms with Crippen molar-refractivity contribution in [3.05, 3.63) is 204 Å². The number of hydrogen-bond donors (Lipinski definition) is 9. The number of carbonyl (C=O) groups is 8. The number of nitrogens with zero attached hydrogens (tertiary/aromatic N) is 5. The molecule has 2 heterocycles. The molecule has 6 amide bonds. The van der Waals surface area contributed by atoms with Crippen molar-refractivity contribution in [3.63, 3.8) is 0 Å². The molecular formula is C87H109N11O13. The van der Waals surface area contributed by atoms with Crippen molar-refractivity contribution in [2.24, 2.45) is 5.73 Å². The molecule has 1 unspecified atom stereocenters. The van der Waals surface area contributed by atoms with E-state index in [-0.39, 0.29) is 49.9 Å². The van der Waals surface area contributed by atoms with Crippen LogP contribution in [-0.4, -0.2) is 158 Å². The third kappa shape index (κ3) is 28.6. The molecule has 0 saturated heterocycles. The van der Waals surface area contributed by atoms with Crippen LogP contribution in [0.2, 0.25) is 0 Å². The molecule has 24 heteroatoms. The number of aliphatic hydroxyl groups excluding tert-OH is 1. The number of ether oxygens (including phenoxy) is 2. The van der Waals surface area contributed by atoms with E-state index in [9.17, 15) is 48.6 Å². The van der Waals surface area contributed by atoms with Gasteiger partial charge in [0.2, 0.25) is 23.6 Å². The van der Waals surface area contributed by atoms with Crippen molar-refractivity contribution in [1.29, 1.82) is 0 Å². The summed E-state index contributed by atoms with van der Waals surface area (Å²) in [5, 5.41) is 41.4. The molecule has 2 aromatic heterocycles. The number of nitrogens with one attached hydrogen (secondary N) is 5. The first-order valence-corrected chi connectivity index (χ1v) is 38.2. The van der Waals surface area contributed by atoms with Gasteiger partial charge in [-0.15, -0.1) is 0 Å². The fraction of sp³-hybridized carbons (Fsp3) is 0.402. The smallest absolute Gasteiger partial charge is 0.326 e. The van der Waals surface area contributed by atoms with E-state index in [2.05, 4.69) is 102 Å². The number of nitrogens with two attached hydrogens (primary N) is 1. The van der Waals surface area contributed by atoms with Crippen LogP contribution in [0, 0.1) is 0 Å². The molecule has 8 rings (SSSR count). The average molecular weight is 1520 g/mol. The first kappa shape index (κ1) is 87.0. The highest BCUT2D eigenvalue weighted by Crippen LogP contribution is 2.28. The first-order valence-electron chi connectivity index (χ1n) is 38.2. The lowest BCUT2D eigenvalue weighted by Crippen LogP contribution is -2.53. The molecule has 0 spiro atoms. The summed E-state index contributed by atoms with van der Waals surface area (Å²) in [5.41, 5.74) is 14.6. The van der Waals surface area contributed by atoms with Gasteiger partial charge in [-0.1, -0.05) is 204 Å². The van der Waals surface area contributed by atoms with Gasteiger partial charge in [0, 0.05) is 97.7 Å². The number of aliphatic hydroxyl groups is 1. The number of aliphatic carboxylic acids is 2. The van der Waals surface area contributed by atoms with Crippen LogP contribution in [0.25, 0.3) is 45.0 Å². The number of amides is 6. The molecule has 0 bridgehead atoms. The zero-order valence-corrected chi connectivity index (χ0v) is 65.4. The summed E-state index contributed by atoms with van der Waals surface area (Å²) < 4.78 is 11.8. The van der Waals surface area contributed by atoms with Crippen LogP contribution in [0.15, 0.2) is 170 Å². The summed E-state index contributed by atoms with van der Waals surface area (Å²) in [4.78, 5) is 123. The number of carboxylic acid groups (broad SMARTS) is 2. The summed E-state index contributed by atoms with van der Waals surface area (Å²) in [7, 11) is 1.51. The Morgan fingerprint density at radius 3 is 1.15 bits per heavy atom. The van der Waals surface area contributed by atoms with Gasteiger partial charge in [0.25, 0.3) is 11.8 Å². The van der Waals surface area contributed by atoms with E-state index in [0.29, 0.717) is 47.1 Å². The van der Waals surface area contributed by atoms with Crippen LogP contribution in [0.5, 0.6) is 11.5 Å². The molecule has 590 valence electrons. The Bertz CT molecular complexity index is 4270. The standard InChI is InChI=1S/C44H56N6O6.C43H53N5O7/c1-6-7-8-9-10-25-56-36-21-17-31(18-22-36)34-28-46-40(47-29-34)32-13-11-30(12-14-32)26-37(48-41(52)33-15-19-35(20-16-33)44(2,3)4)42(53)49-38(43(54)55)27-39(51)50(5)24-23-45;1-5-6-7-8-9-24-55-35-20-16-30(17-21-35)33-27-45-39(46-28-33)31-12-10-29(11-13-31)25-36(41(52)48-37(42(53)54)26-38(50)44-22-23-49)47-40(51)32-14-18-34(19-15-32)43(2,3)4/h11-22,28-29,37-38H,6-10,23-27,45H2,1-5H3,(H,48,52)(H,49,53)(H,54,55);10-21,27-28,36-37,49H,5-9,22-26H2,1-4H3,(H,44,50)(H,47,51)(H,48,52)(H,53,54)/t37-,38-;36-,37?/m00/s1. The second-order valence-corrected chi connectivity index (χ2v) is 29.6. The molecule has 10 N–H and O–H groups in total. The Kier molecular flexibility index (Phi) is 34.3. The zero-order valence-electron chi connectivity index (χ0n) is 65.4. The van der Waals surface area contributed by atoms with Gasteiger partial charge in [0.1, 0.15) is 35.7 Å². The maximum Gasteiger partial charge on any atom is 0.326 e. The lowest BCUT2D eigenvalue weighted by molar-refractivity contribution is -0.145. The second kappa shape index (κ2) is 43.8. The molecule has 0 fully saturated rings. The van der Waals surface area contributed by atoms with Crippen molar-refractivity contribution >= 4 is 47.4 Å². The molecule has 0 aliphatic heterocycles. The summed E-state index contributed by atoms with van der Waals surface area (Å²) in [6.07, 6.45) is 18.0. The Morgan fingerprint density at radius 2 is 0.811 bits per heavy atom. The number of benzene rings is 6. The van der Waals surface area contributed by atoms with Gasteiger partial charge in [-0.05, 0) is 106 Å². The molecule has 0 aliphatic rings. The Balaban J connectivity index is 0.000000308. The minimum Gasteiger partial charge on any atom is -0.494 e. The molecule has 0 aliphatic carbocycles. The Morgan fingerprint density at radius 1 is 0.450 bits per heavy atom. The van der Waals surface area contributed by atoms with Gasteiger partial charge in [0.05, 0.1) is 32.7 Å². The summed E-state index contributed by atoms with van der Waals surface area (Å²) in [6.45, 7) is 18.3. The molecule has 111 heavy (non-hydrogen) atoms. The van der Waals surface area contributed by atoms with Gasteiger partial charge in [0.15, 0.2) is 11.6 Å². The second-order valence-electron chi connectivity index (χ2n) is 29.6. The SMILES string of the molecule is CCCCCCCOc1ccc(-c2cnc(-c3ccc(C[C@H](NC(=O)c4ccc(C(C)(C)C)cc4)C(=O)NC(CC(=O)NCCO)C(=O)O)cc3)nc2)cc1.CCCCCCCOc1ccc(-c2cnc(-c3ccc(C[C@H](NC(=O)c4ccc(C(C)(C)C)cc4)C(=O)N[C@@H](CC(=O)N(C)CCN)C(=O)O)cc3)nc2)cc1.